The maximum atomic E-state index is 14.0. The number of ether oxygens (including phenoxy) is 6. The number of primary amides is 1. The summed E-state index contributed by atoms with van der Waals surface area (Å²) in [5.74, 6) is -8.72. The van der Waals surface area contributed by atoms with Gasteiger partial charge in [0.25, 0.3) is 0 Å². The van der Waals surface area contributed by atoms with Crippen LogP contribution in [0.1, 0.15) is 101 Å². The number of nitrogens with two attached hydrogens (primary N) is 1. The Bertz CT molecular complexity index is 2750. The molecule has 3 aliphatic rings. The number of carbonyl (C=O) groups is 9. The van der Waals surface area contributed by atoms with E-state index in [1.807, 2.05) is 0 Å². The minimum absolute atomic E-state index is 0.0175. The third-order valence-corrected chi connectivity index (χ3v) is 13.1. The van der Waals surface area contributed by atoms with Crippen LogP contribution in [-0.4, -0.2) is 161 Å². The summed E-state index contributed by atoms with van der Waals surface area (Å²) in [6.45, 7) is 3.11. The second kappa shape index (κ2) is 25.0. The van der Waals surface area contributed by atoms with E-state index in [-0.39, 0.29) is 72.1 Å². The number of hydrogen-bond acceptors (Lipinski definition) is 20. The number of anilines is 1. The van der Waals surface area contributed by atoms with Crippen LogP contribution in [0.25, 0.3) is 0 Å². The summed E-state index contributed by atoms with van der Waals surface area (Å²) >= 11 is 0. The van der Waals surface area contributed by atoms with Gasteiger partial charge < -0.3 is 81.0 Å². The second-order valence-corrected chi connectivity index (χ2v) is 18.7. The van der Waals surface area contributed by atoms with Crippen molar-refractivity contribution in [3.63, 3.8) is 0 Å². The highest BCUT2D eigenvalue weighted by molar-refractivity contribution is 6.31. The normalized spacial score (nSPS) is 21.8. The molecule has 1 heterocycles. The van der Waals surface area contributed by atoms with Gasteiger partial charge in [-0.1, -0.05) is 31.2 Å². The molecule has 11 N–H and O–H groups in total. The van der Waals surface area contributed by atoms with E-state index in [2.05, 4.69) is 21.3 Å². The molecule has 3 aromatic carbocycles. The molecule has 3 aromatic rings. The van der Waals surface area contributed by atoms with E-state index in [1.165, 1.54) is 77.5 Å². The van der Waals surface area contributed by atoms with Crippen molar-refractivity contribution in [1.29, 1.82) is 0 Å². The molecule has 6 rings (SSSR count). The van der Waals surface area contributed by atoms with Crippen LogP contribution in [0.4, 0.5) is 10.5 Å². The van der Waals surface area contributed by atoms with Gasteiger partial charge in [-0.3, -0.25) is 38.4 Å². The van der Waals surface area contributed by atoms with Gasteiger partial charge in [0, 0.05) is 61.1 Å². The van der Waals surface area contributed by atoms with Crippen molar-refractivity contribution in [2.75, 3.05) is 46.0 Å². The number of carbonyl (C=O) groups excluding carboxylic acids is 9. The highest BCUT2D eigenvalue weighted by Crippen LogP contribution is 2.52. The molecule has 0 aromatic heterocycles. The molecule has 2 aliphatic carbocycles. The van der Waals surface area contributed by atoms with Crippen LogP contribution >= 0.6 is 0 Å². The highest BCUT2D eigenvalue weighted by Gasteiger charge is 2.50. The molecule has 25 nitrogen and oxygen atoms in total. The second-order valence-electron chi connectivity index (χ2n) is 18.7. The quantitative estimate of drug-likeness (QED) is 0.0346. The van der Waals surface area contributed by atoms with E-state index in [4.69, 9.17) is 34.2 Å². The van der Waals surface area contributed by atoms with E-state index >= 15 is 0 Å². The van der Waals surface area contributed by atoms with E-state index < -0.39 is 150 Å². The van der Waals surface area contributed by atoms with Crippen molar-refractivity contribution in [3.05, 3.63) is 81.4 Å². The Labute approximate surface area is 434 Å². The van der Waals surface area contributed by atoms with Crippen LogP contribution in [0.15, 0.2) is 42.5 Å². The van der Waals surface area contributed by atoms with Gasteiger partial charge in [-0.2, -0.15) is 0 Å². The summed E-state index contributed by atoms with van der Waals surface area (Å²) in [7, 11) is 2.76. The Kier molecular flexibility index (Phi) is 19.0. The first-order chi connectivity index (χ1) is 36.0. The molecular formula is C51H61N5O20. The summed E-state index contributed by atoms with van der Waals surface area (Å²) in [5, 5.41) is 66.0. The van der Waals surface area contributed by atoms with Crippen molar-refractivity contribution >= 4 is 58.5 Å². The number of methoxy groups -OCH3 is 2. The third-order valence-electron chi connectivity index (χ3n) is 13.1. The number of ketones is 4. The molecule has 1 saturated heterocycles. The average molecular weight is 1060 g/mol. The van der Waals surface area contributed by atoms with Gasteiger partial charge in [-0.05, 0) is 37.6 Å². The van der Waals surface area contributed by atoms with Crippen molar-refractivity contribution in [2.45, 2.75) is 108 Å². The van der Waals surface area contributed by atoms with Gasteiger partial charge in [-0.25, -0.2) is 4.79 Å². The summed E-state index contributed by atoms with van der Waals surface area (Å²) < 4.78 is 32.9. The number of Topliss-reactive ketones (excluding diaryl/α,β-unsaturated/α-hetero) is 2. The predicted octanol–water partition coefficient (Wildman–Crippen LogP) is 0.0307. The molecule has 0 saturated carbocycles. The molecular weight excluding hydrogens is 1000 g/mol. The van der Waals surface area contributed by atoms with Crippen molar-refractivity contribution < 1.29 is 97.1 Å². The highest BCUT2D eigenvalue weighted by atomic mass is 16.7. The minimum Gasteiger partial charge on any atom is -0.507 e. The van der Waals surface area contributed by atoms with Gasteiger partial charge in [0.1, 0.15) is 60.9 Å². The lowest BCUT2D eigenvalue weighted by Crippen LogP contribution is -2.56. The summed E-state index contributed by atoms with van der Waals surface area (Å²) in [5.41, 5.74) is 1.52. The molecule has 1 fully saturated rings. The lowest BCUT2D eigenvalue weighted by molar-refractivity contribution is -0.249. The smallest absolute Gasteiger partial charge is 0.407 e. The molecule has 0 radical (unpaired) electrons. The lowest BCUT2D eigenvalue weighted by Gasteiger charge is -2.42. The number of amides is 5. The van der Waals surface area contributed by atoms with Crippen LogP contribution in [-0.2, 0) is 65.5 Å². The standard InChI is InChI=1S/C51H61N5O20/c1-23(15-28(58)22-73-14-13-71-4)47(66)53-24(2)48(67)55-32(16-36(52)60)49(68)54-27-11-9-26(10-12-27)21-74-50(69)56-31-17-37(75-25(3)42(31)61)76-34-19-51(70,35(59)20-57)18-30-39(34)46(65)41-40(44(30)63)43(62)29-7-6-8-33(72-5)38(29)45(41)64/h6-12,23-25,31-32,34,37,42,57,61,63,65,70H,13-22H2,1-5H3,(H2,52,60)(H,53,66)(H,54,68)(H,55,67)(H,56,69)/t23?,24?,25-,31-,32?,34-,37-,42+,51-/m0/s1. The number of phenols is 2. The van der Waals surface area contributed by atoms with Crippen molar-refractivity contribution in [2.24, 2.45) is 11.7 Å². The number of aromatic hydroxyl groups is 2. The Morgan fingerprint density at radius 1 is 0.882 bits per heavy atom. The number of fused-ring (bicyclic) bond motifs is 3. The summed E-state index contributed by atoms with van der Waals surface area (Å²) in [6, 6.07) is 6.30. The number of alkyl carbamates (subject to hydrolysis) is 1. The molecule has 1 aliphatic heterocycles. The Morgan fingerprint density at radius 2 is 1.58 bits per heavy atom. The van der Waals surface area contributed by atoms with Crippen LogP contribution < -0.4 is 31.7 Å². The number of hydrogen-bond donors (Lipinski definition) is 10. The number of nitrogens with one attached hydrogen (secondary N) is 4. The Morgan fingerprint density at radius 3 is 2.24 bits per heavy atom. The number of phenolic OH excluding ortho intramolecular Hbond substituents is 2. The predicted molar refractivity (Wildman–Crippen MR) is 261 cm³/mol. The SMILES string of the molecule is COCCOCC(=O)CC(C)C(=O)NC(C)C(=O)NC(CC(N)=O)C(=O)Nc1ccc(COC(=O)N[C@H]2C[C@H](O[C@H]3C[C@](O)(C(=O)CO)Cc4c(O)c5c(c(O)c43)C(=O)c3c(OC)cccc3C5=O)O[C@@H](C)[C@H]2O)cc1. The molecule has 3 unspecified atom stereocenters. The minimum atomic E-state index is -2.42. The first-order valence-corrected chi connectivity index (χ1v) is 24.0. The molecule has 0 spiro atoms. The molecule has 9 atom stereocenters. The third kappa shape index (κ3) is 13.2. The molecule has 0 bridgehead atoms. The molecule has 410 valence electrons. The zero-order valence-corrected chi connectivity index (χ0v) is 42.2. The van der Waals surface area contributed by atoms with Crippen LogP contribution in [0.3, 0.4) is 0 Å². The average Bonchev–Trinajstić information content (AvgIpc) is 3.38. The Balaban J connectivity index is 1.07. The van der Waals surface area contributed by atoms with Crippen LogP contribution in [0.5, 0.6) is 17.2 Å². The zero-order valence-electron chi connectivity index (χ0n) is 42.2. The number of aliphatic hydroxyl groups excluding tert-OH is 2. The molecule has 5 amide bonds. The first-order valence-electron chi connectivity index (χ1n) is 24.0. The monoisotopic (exact) mass is 1060 g/mol. The number of rotatable bonds is 23. The van der Waals surface area contributed by atoms with E-state index in [0.29, 0.717) is 12.2 Å². The Hall–Kier alpha value is -7.39. The lowest BCUT2D eigenvalue weighted by atomic mass is 9.72. The number of aliphatic hydroxyl groups is 3. The maximum Gasteiger partial charge on any atom is 0.407 e. The van der Waals surface area contributed by atoms with Crippen LogP contribution in [0.2, 0.25) is 0 Å². The van der Waals surface area contributed by atoms with Crippen molar-refractivity contribution in [1.82, 2.24) is 16.0 Å². The van der Waals surface area contributed by atoms with Crippen molar-refractivity contribution in [3.8, 4) is 17.2 Å². The van der Waals surface area contributed by atoms with Crippen LogP contribution in [0, 0.1) is 5.92 Å². The van der Waals surface area contributed by atoms with E-state index in [1.54, 1.807) is 0 Å². The van der Waals surface area contributed by atoms with Gasteiger partial charge in [0.2, 0.25) is 29.4 Å². The fourth-order valence-electron chi connectivity index (χ4n) is 9.06. The van der Waals surface area contributed by atoms with E-state index in [9.17, 15) is 68.7 Å². The zero-order chi connectivity index (χ0) is 55.8. The fourth-order valence-corrected chi connectivity index (χ4v) is 9.06. The summed E-state index contributed by atoms with van der Waals surface area (Å²) in [4.78, 5) is 117. The number of benzene rings is 3. The largest absolute Gasteiger partial charge is 0.507 e. The topological polar surface area (TPSA) is 384 Å². The van der Waals surface area contributed by atoms with Gasteiger partial charge in [0.05, 0.1) is 61.7 Å². The van der Waals surface area contributed by atoms with Gasteiger partial charge in [0.15, 0.2) is 23.6 Å². The van der Waals surface area contributed by atoms with Gasteiger partial charge >= 0.3 is 6.09 Å². The molecule has 76 heavy (non-hydrogen) atoms. The fraction of sp³-hybridized carbons (Fsp3) is 0.471. The van der Waals surface area contributed by atoms with E-state index in [0.717, 1.165) is 0 Å². The van der Waals surface area contributed by atoms with Gasteiger partial charge in [-0.15, -0.1) is 0 Å². The summed E-state index contributed by atoms with van der Waals surface area (Å²) in [6.07, 6.45) is -8.74. The maximum absolute atomic E-state index is 14.0. The first kappa shape index (κ1) is 57.9. The molecule has 25 heteroatoms.